The first-order valence-electron chi connectivity index (χ1n) is 6.80. The van der Waals surface area contributed by atoms with Crippen molar-refractivity contribution < 1.29 is 9.59 Å². The fourth-order valence-electron chi connectivity index (χ4n) is 2.07. The minimum atomic E-state index is -0.0831. The van der Waals surface area contributed by atoms with Crippen LogP contribution in [0.2, 0.25) is 0 Å². The summed E-state index contributed by atoms with van der Waals surface area (Å²) in [5.41, 5.74) is 0.660. The fraction of sp³-hybridized carbons (Fsp3) is 0.571. The van der Waals surface area contributed by atoms with Gasteiger partial charge in [0, 0.05) is 37.4 Å². The first-order valence-corrected chi connectivity index (χ1v) is 7.60. The van der Waals surface area contributed by atoms with Crippen molar-refractivity contribution in [3.63, 3.8) is 0 Å². The van der Waals surface area contributed by atoms with Gasteiger partial charge in [0.05, 0.1) is 0 Å². The highest BCUT2D eigenvalue weighted by Gasteiger charge is 2.29. The summed E-state index contributed by atoms with van der Waals surface area (Å²) in [4.78, 5) is 27.5. The molecule has 2 rings (SSSR count). The van der Waals surface area contributed by atoms with E-state index in [4.69, 9.17) is 0 Å². The number of likely N-dealkylation sites (N-methyl/N-ethyl adjacent to an activating group) is 2. The van der Waals surface area contributed by atoms with E-state index in [1.165, 1.54) is 4.90 Å². The van der Waals surface area contributed by atoms with Crippen LogP contribution in [0.25, 0.3) is 0 Å². The number of nitrogens with zero attached hydrogens (tertiary/aromatic N) is 3. The van der Waals surface area contributed by atoms with Crippen LogP contribution in [0.4, 0.5) is 0 Å². The zero-order chi connectivity index (χ0) is 14.9. The van der Waals surface area contributed by atoms with Crippen LogP contribution >= 0.6 is 15.9 Å². The zero-order valence-corrected chi connectivity index (χ0v) is 13.7. The van der Waals surface area contributed by atoms with E-state index in [0.29, 0.717) is 18.3 Å². The van der Waals surface area contributed by atoms with Crippen molar-refractivity contribution in [3.05, 3.63) is 22.4 Å². The predicted molar refractivity (Wildman–Crippen MR) is 80.7 cm³/mol. The van der Waals surface area contributed by atoms with Crippen molar-refractivity contribution in [1.29, 1.82) is 0 Å². The van der Waals surface area contributed by atoms with Gasteiger partial charge in [-0.2, -0.15) is 0 Å². The fourth-order valence-corrected chi connectivity index (χ4v) is 2.50. The monoisotopic (exact) mass is 341 g/mol. The normalized spacial score (nSPS) is 14.2. The second-order valence-electron chi connectivity index (χ2n) is 5.29. The van der Waals surface area contributed by atoms with E-state index in [1.54, 1.807) is 19.0 Å². The molecule has 0 unspecified atom stereocenters. The Morgan fingerprint density at radius 1 is 1.40 bits per heavy atom. The van der Waals surface area contributed by atoms with Gasteiger partial charge in [-0.3, -0.25) is 9.59 Å². The number of rotatable bonds is 5. The Kier molecular flexibility index (Phi) is 4.52. The molecule has 0 spiro atoms. The van der Waals surface area contributed by atoms with Gasteiger partial charge in [0.2, 0.25) is 5.91 Å². The molecule has 1 aliphatic carbocycles. The summed E-state index contributed by atoms with van der Waals surface area (Å²) >= 11 is 3.43. The molecule has 1 aromatic rings. The topological polar surface area (TPSA) is 45.6 Å². The molecule has 0 bridgehead atoms. The molecule has 0 N–H and O–H groups in total. The standard InChI is InChI=1S/C14H20BrN3O2/c1-4-17(9-13(19)16(2)3)14(20)12-7-10(15)8-18(12)11-5-6-11/h7-8,11H,4-6,9H2,1-3H3. The SMILES string of the molecule is CCN(CC(=O)N(C)C)C(=O)c1cc(Br)cn1C1CC1. The summed E-state index contributed by atoms with van der Waals surface area (Å²) in [6.45, 7) is 2.53. The summed E-state index contributed by atoms with van der Waals surface area (Å²) in [7, 11) is 3.40. The van der Waals surface area contributed by atoms with E-state index in [2.05, 4.69) is 15.9 Å². The van der Waals surface area contributed by atoms with Crippen molar-refractivity contribution in [2.75, 3.05) is 27.2 Å². The smallest absolute Gasteiger partial charge is 0.270 e. The lowest BCUT2D eigenvalue weighted by molar-refractivity contribution is -0.129. The van der Waals surface area contributed by atoms with Crippen molar-refractivity contribution in [2.24, 2.45) is 0 Å². The maximum Gasteiger partial charge on any atom is 0.270 e. The minimum Gasteiger partial charge on any atom is -0.347 e. The van der Waals surface area contributed by atoms with Crippen LogP contribution in [-0.2, 0) is 4.79 Å². The summed E-state index contributed by atoms with van der Waals surface area (Å²) in [6.07, 6.45) is 4.18. The summed E-state index contributed by atoms with van der Waals surface area (Å²) < 4.78 is 2.93. The van der Waals surface area contributed by atoms with E-state index in [0.717, 1.165) is 17.3 Å². The lowest BCUT2D eigenvalue weighted by atomic mass is 10.3. The number of amides is 2. The summed E-state index contributed by atoms with van der Waals surface area (Å²) in [6, 6.07) is 2.27. The molecule has 1 aromatic heterocycles. The van der Waals surface area contributed by atoms with Gasteiger partial charge >= 0.3 is 0 Å². The van der Waals surface area contributed by atoms with E-state index < -0.39 is 0 Å². The molecule has 1 aliphatic rings. The highest BCUT2D eigenvalue weighted by Crippen LogP contribution is 2.37. The first kappa shape index (κ1) is 15.1. The lowest BCUT2D eigenvalue weighted by Gasteiger charge is -2.23. The molecule has 1 saturated carbocycles. The Morgan fingerprint density at radius 3 is 2.55 bits per heavy atom. The molecular weight excluding hydrogens is 322 g/mol. The molecule has 0 atom stereocenters. The van der Waals surface area contributed by atoms with Crippen LogP contribution in [0.5, 0.6) is 0 Å². The molecule has 0 aliphatic heterocycles. The van der Waals surface area contributed by atoms with Crippen LogP contribution in [0.15, 0.2) is 16.7 Å². The summed E-state index contributed by atoms with van der Waals surface area (Å²) in [5, 5.41) is 0. The Morgan fingerprint density at radius 2 is 2.05 bits per heavy atom. The second-order valence-corrected chi connectivity index (χ2v) is 6.21. The zero-order valence-electron chi connectivity index (χ0n) is 12.1. The van der Waals surface area contributed by atoms with Crippen LogP contribution in [0, 0.1) is 0 Å². The maximum absolute atomic E-state index is 12.6. The molecule has 0 aromatic carbocycles. The third kappa shape index (κ3) is 3.23. The van der Waals surface area contributed by atoms with E-state index in [-0.39, 0.29) is 18.4 Å². The third-order valence-corrected chi connectivity index (χ3v) is 3.90. The van der Waals surface area contributed by atoms with Gasteiger partial charge in [0.1, 0.15) is 12.2 Å². The molecule has 1 fully saturated rings. The molecule has 0 saturated heterocycles. The van der Waals surface area contributed by atoms with Crippen LogP contribution in [-0.4, -0.2) is 53.4 Å². The van der Waals surface area contributed by atoms with Gasteiger partial charge in [-0.25, -0.2) is 0 Å². The van der Waals surface area contributed by atoms with E-state index >= 15 is 0 Å². The Bertz CT molecular complexity index is 520. The molecular formula is C14H20BrN3O2. The van der Waals surface area contributed by atoms with Crippen molar-refractivity contribution in [2.45, 2.75) is 25.8 Å². The number of carbonyl (C=O) groups is 2. The van der Waals surface area contributed by atoms with Gasteiger partial charge < -0.3 is 14.4 Å². The second kappa shape index (κ2) is 5.99. The van der Waals surface area contributed by atoms with Crippen LogP contribution in [0.3, 0.4) is 0 Å². The van der Waals surface area contributed by atoms with Crippen molar-refractivity contribution in [3.8, 4) is 0 Å². The Hall–Kier alpha value is -1.30. The average Bonchev–Trinajstić information content (AvgIpc) is 3.17. The minimum absolute atomic E-state index is 0.0659. The highest BCUT2D eigenvalue weighted by atomic mass is 79.9. The molecule has 1 heterocycles. The van der Waals surface area contributed by atoms with E-state index in [1.807, 2.05) is 23.8 Å². The molecule has 110 valence electrons. The largest absolute Gasteiger partial charge is 0.347 e. The molecule has 5 nitrogen and oxygen atoms in total. The molecule has 20 heavy (non-hydrogen) atoms. The maximum atomic E-state index is 12.6. The molecule has 0 radical (unpaired) electrons. The Labute approximate surface area is 127 Å². The third-order valence-electron chi connectivity index (χ3n) is 3.47. The summed E-state index contributed by atoms with van der Waals surface area (Å²) in [5.74, 6) is -0.149. The number of aromatic nitrogens is 1. The van der Waals surface area contributed by atoms with Gasteiger partial charge in [0.25, 0.3) is 5.91 Å². The first-order chi connectivity index (χ1) is 9.43. The lowest BCUT2D eigenvalue weighted by Crippen LogP contribution is -2.40. The number of halogens is 1. The molecule has 6 heteroatoms. The highest BCUT2D eigenvalue weighted by molar-refractivity contribution is 9.10. The van der Waals surface area contributed by atoms with Crippen molar-refractivity contribution >= 4 is 27.7 Å². The van der Waals surface area contributed by atoms with Gasteiger partial charge in [-0.1, -0.05) is 0 Å². The average molecular weight is 342 g/mol. The van der Waals surface area contributed by atoms with Gasteiger partial charge in [-0.15, -0.1) is 0 Å². The quantitative estimate of drug-likeness (QED) is 0.823. The number of hydrogen-bond acceptors (Lipinski definition) is 2. The number of carbonyl (C=O) groups excluding carboxylic acids is 2. The number of hydrogen-bond donors (Lipinski definition) is 0. The predicted octanol–water partition coefficient (Wildman–Crippen LogP) is 2.14. The van der Waals surface area contributed by atoms with Gasteiger partial charge in [0.15, 0.2) is 0 Å². The Balaban J connectivity index is 2.18. The molecule has 2 amide bonds. The van der Waals surface area contributed by atoms with Crippen LogP contribution in [0.1, 0.15) is 36.3 Å². The van der Waals surface area contributed by atoms with Gasteiger partial charge in [-0.05, 0) is 41.8 Å². The van der Waals surface area contributed by atoms with Crippen molar-refractivity contribution in [1.82, 2.24) is 14.4 Å². The van der Waals surface area contributed by atoms with Crippen LogP contribution < -0.4 is 0 Å². The van der Waals surface area contributed by atoms with E-state index in [9.17, 15) is 9.59 Å².